The van der Waals surface area contributed by atoms with E-state index in [4.69, 9.17) is 4.98 Å². The van der Waals surface area contributed by atoms with E-state index in [2.05, 4.69) is 55.6 Å². The summed E-state index contributed by atoms with van der Waals surface area (Å²) in [6.45, 7) is 8.60. The van der Waals surface area contributed by atoms with E-state index in [-0.39, 0.29) is 11.3 Å². The first-order valence-corrected chi connectivity index (χ1v) is 11.1. The van der Waals surface area contributed by atoms with Crippen molar-refractivity contribution in [1.29, 1.82) is 0 Å². The van der Waals surface area contributed by atoms with Gasteiger partial charge in [-0.2, -0.15) is 5.10 Å². The van der Waals surface area contributed by atoms with Crippen molar-refractivity contribution in [3.05, 3.63) is 87.6 Å². The summed E-state index contributed by atoms with van der Waals surface area (Å²) in [6, 6.07) is 19.9. The molecule has 2 heterocycles. The van der Waals surface area contributed by atoms with Gasteiger partial charge < -0.3 is 0 Å². The number of para-hydroxylation sites is 1. The monoisotopic (exact) mass is 427 g/mol. The number of thiophene rings is 1. The van der Waals surface area contributed by atoms with Crippen LogP contribution >= 0.6 is 11.3 Å². The van der Waals surface area contributed by atoms with Gasteiger partial charge in [-0.1, -0.05) is 63.2 Å². The molecule has 156 valence electrons. The number of nitrogens with zero attached hydrogens (tertiary/aromatic N) is 2. The lowest BCUT2D eigenvalue weighted by Crippen LogP contribution is -2.18. The molecule has 2 aromatic carbocycles. The maximum absolute atomic E-state index is 13.0. The first kappa shape index (κ1) is 20.9. The molecule has 4 aromatic rings. The van der Waals surface area contributed by atoms with Gasteiger partial charge in [0.05, 0.1) is 23.0 Å². The maximum atomic E-state index is 13.0. The number of aryl methyl sites for hydroxylation is 1. The highest BCUT2D eigenvalue weighted by molar-refractivity contribution is 7.11. The normalized spacial score (nSPS) is 11.9. The molecule has 1 amide bonds. The number of amides is 1. The van der Waals surface area contributed by atoms with Crippen molar-refractivity contribution in [2.24, 2.45) is 5.10 Å². The number of rotatable bonds is 4. The minimum absolute atomic E-state index is 0.0827. The summed E-state index contributed by atoms with van der Waals surface area (Å²) in [6.07, 6.45) is 1.69. The van der Waals surface area contributed by atoms with Gasteiger partial charge in [-0.05, 0) is 47.0 Å². The molecular formula is C26H25N3OS. The zero-order valence-corrected chi connectivity index (χ0v) is 19.0. The van der Waals surface area contributed by atoms with E-state index in [1.807, 2.05) is 48.7 Å². The van der Waals surface area contributed by atoms with E-state index in [9.17, 15) is 4.79 Å². The van der Waals surface area contributed by atoms with Crippen molar-refractivity contribution < 1.29 is 4.79 Å². The highest BCUT2D eigenvalue weighted by Crippen LogP contribution is 2.28. The van der Waals surface area contributed by atoms with Crippen molar-refractivity contribution in [1.82, 2.24) is 10.4 Å². The van der Waals surface area contributed by atoms with E-state index in [0.717, 1.165) is 32.6 Å². The Morgan fingerprint density at radius 2 is 1.81 bits per heavy atom. The third-order valence-corrected chi connectivity index (χ3v) is 6.21. The molecule has 0 aliphatic rings. The van der Waals surface area contributed by atoms with Crippen LogP contribution in [0, 0.1) is 6.92 Å². The number of carbonyl (C=O) groups is 1. The van der Waals surface area contributed by atoms with Crippen LogP contribution in [0.25, 0.3) is 22.2 Å². The summed E-state index contributed by atoms with van der Waals surface area (Å²) in [7, 11) is 0. The Morgan fingerprint density at radius 1 is 1.06 bits per heavy atom. The highest BCUT2D eigenvalue weighted by Gasteiger charge is 2.16. The Kier molecular flexibility index (Phi) is 5.70. The van der Waals surface area contributed by atoms with Crippen LogP contribution in [0.2, 0.25) is 0 Å². The predicted molar refractivity (Wildman–Crippen MR) is 130 cm³/mol. The van der Waals surface area contributed by atoms with E-state index in [1.54, 1.807) is 17.6 Å². The van der Waals surface area contributed by atoms with Crippen molar-refractivity contribution >= 4 is 34.4 Å². The summed E-state index contributed by atoms with van der Waals surface area (Å²) in [4.78, 5) is 18.8. The molecule has 5 heteroatoms. The number of pyridine rings is 1. The number of hydrogen-bond donors (Lipinski definition) is 1. The zero-order chi connectivity index (χ0) is 22.0. The Hall–Kier alpha value is -3.31. The van der Waals surface area contributed by atoms with Gasteiger partial charge in [0.1, 0.15) is 0 Å². The molecule has 0 unspecified atom stereocenters. The molecule has 0 aliphatic carbocycles. The second kappa shape index (κ2) is 8.44. The third kappa shape index (κ3) is 4.57. The molecule has 0 atom stereocenters. The number of nitrogens with one attached hydrogen (secondary N) is 1. The second-order valence-corrected chi connectivity index (χ2v) is 9.51. The van der Waals surface area contributed by atoms with Crippen molar-refractivity contribution in [3.63, 3.8) is 0 Å². The molecule has 1 N–H and O–H groups in total. The van der Waals surface area contributed by atoms with Crippen molar-refractivity contribution in [3.8, 4) is 11.3 Å². The topological polar surface area (TPSA) is 54.4 Å². The third-order valence-electron chi connectivity index (χ3n) is 5.26. The summed E-state index contributed by atoms with van der Waals surface area (Å²) in [5.41, 5.74) is 8.23. The number of benzene rings is 2. The number of aromatic nitrogens is 1. The first-order valence-electron chi connectivity index (χ1n) is 10.2. The Morgan fingerprint density at radius 3 is 2.48 bits per heavy atom. The first-order chi connectivity index (χ1) is 14.8. The van der Waals surface area contributed by atoms with E-state index >= 15 is 0 Å². The lowest BCUT2D eigenvalue weighted by molar-refractivity contribution is 0.0956. The van der Waals surface area contributed by atoms with Crippen LogP contribution in [-0.2, 0) is 5.41 Å². The summed E-state index contributed by atoms with van der Waals surface area (Å²) in [5.74, 6) is -0.253. The fourth-order valence-electron chi connectivity index (χ4n) is 3.38. The molecule has 0 aliphatic heterocycles. The van der Waals surface area contributed by atoms with Gasteiger partial charge in [-0.15, -0.1) is 11.3 Å². The fourth-order valence-corrected chi connectivity index (χ4v) is 4.16. The quantitative estimate of drug-likeness (QED) is 0.305. The van der Waals surface area contributed by atoms with Gasteiger partial charge in [0.25, 0.3) is 5.91 Å². The molecule has 0 spiro atoms. The summed E-state index contributed by atoms with van der Waals surface area (Å²) >= 11 is 1.59. The average molecular weight is 428 g/mol. The van der Waals surface area contributed by atoms with E-state index in [0.29, 0.717) is 5.56 Å². The zero-order valence-electron chi connectivity index (χ0n) is 18.1. The molecule has 31 heavy (non-hydrogen) atoms. The Labute approximate surface area is 186 Å². The second-order valence-electron chi connectivity index (χ2n) is 8.57. The van der Waals surface area contributed by atoms with Crippen LogP contribution in [0.3, 0.4) is 0 Å². The van der Waals surface area contributed by atoms with Gasteiger partial charge in [-0.25, -0.2) is 10.4 Å². The van der Waals surface area contributed by atoms with Crippen LogP contribution in [0.4, 0.5) is 0 Å². The number of hydrazone groups is 1. The van der Waals surface area contributed by atoms with Gasteiger partial charge in [0, 0.05) is 15.8 Å². The van der Waals surface area contributed by atoms with Crippen LogP contribution in [0.5, 0.6) is 0 Å². The minimum atomic E-state index is -0.253. The van der Waals surface area contributed by atoms with E-state index < -0.39 is 0 Å². The smallest absolute Gasteiger partial charge is 0.267 e. The van der Waals surface area contributed by atoms with Gasteiger partial charge >= 0.3 is 0 Å². The van der Waals surface area contributed by atoms with Gasteiger partial charge in [0.2, 0.25) is 0 Å². The Bertz CT molecular complexity index is 1260. The molecule has 4 rings (SSSR count). The maximum Gasteiger partial charge on any atom is 0.272 e. The van der Waals surface area contributed by atoms with Crippen LogP contribution < -0.4 is 5.43 Å². The summed E-state index contributed by atoms with van der Waals surface area (Å²) in [5, 5.41) is 6.97. The minimum Gasteiger partial charge on any atom is -0.267 e. The standard InChI is InChI=1S/C26H25N3OS/c1-17-13-14-31-24(17)16-27-29-25(30)21-15-23(28-22-8-6-5-7-20(21)22)18-9-11-19(12-10-18)26(2,3)4/h5-16H,1-4H3,(H,29,30)/b27-16-. The SMILES string of the molecule is Cc1ccsc1/C=N\NC(=O)c1cc(-c2ccc(C(C)(C)C)cc2)nc2ccccc12. The lowest BCUT2D eigenvalue weighted by Gasteiger charge is -2.19. The molecular weight excluding hydrogens is 402 g/mol. The molecule has 0 saturated carbocycles. The molecule has 0 radical (unpaired) electrons. The molecule has 0 fully saturated rings. The molecule has 0 saturated heterocycles. The summed E-state index contributed by atoms with van der Waals surface area (Å²) < 4.78 is 0. The fraction of sp³-hybridized carbons (Fsp3) is 0.192. The largest absolute Gasteiger partial charge is 0.272 e. The molecule has 0 bridgehead atoms. The van der Waals surface area contributed by atoms with Crippen LogP contribution in [0.1, 0.15) is 47.1 Å². The Balaban J connectivity index is 1.69. The van der Waals surface area contributed by atoms with Crippen molar-refractivity contribution in [2.45, 2.75) is 33.1 Å². The number of hydrogen-bond acceptors (Lipinski definition) is 4. The van der Waals surface area contributed by atoms with Gasteiger partial charge in [-0.3, -0.25) is 4.79 Å². The highest BCUT2D eigenvalue weighted by atomic mass is 32.1. The lowest BCUT2D eigenvalue weighted by atomic mass is 9.86. The average Bonchev–Trinajstić information content (AvgIpc) is 3.17. The number of carbonyl (C=O) groups excluding carboxylic acids is 1. The van der Waals surface area contributed by atoms with Crippen LogP contribution in [-0.4, -0.2) is 17.1 Å². The van der Waals surface area contributed by atoms with E-state index in [1.165, 1.54) is 5.56 Å². The molecule has 4 nitrogen and oxygen atoms in total. The van der Waals surface area contributed by atoms with Gasteiger partial charge in [0.15, 0.2) is 0 Å². The molecule has 2 aromatic heterocycles. The van der Waals surface area contributed by atoms with Crippen molar-refractivity contribution in [2.75, 3.05) is 0 Å². The number of fused-ring (bicyclic) bond motifs is 1. The predicted octanol–water partition coefficient (Wildman–Crippen LogP) is 6.33. The van der Waals surface area contributed by atoms with Crippen LogP contribution in [0.15, 0.2) is 71.1 Å².